The number of sulfonamides is 1. The summed E-state index contributed by atoms with van der Waals surface area (Å²) in [7, 11) is -2.45. The Bertz CT molecular complexity index is 973. The third-order valence-electron chi connectivity index (χ3n) is 4.71. The molecule has 1 aromatic carbocycles. The van der Waals surface area contributed by atoms with Crippen LogP contribution in [0.5, 0.6) is 0 Å². The normalized spacial score (nSPS) is 16.3. The highest BCUT2D eigenvalue weighted by Gasteiger charge is 2.34. The Morgan fingerprint density at radius 1 is 1.25 bits per heavy atom. The van der Waals surface area contributed by atoms with E-state index in [9.17, 15) is 22.0 Å². The summed E-state index contributed by atoms with van der Waals surface area (Å²) >= 11 is 7.31. The zero-order valence-corrected chi connectivity index (χ0v) is 17.5. The van der Waals surface area contributed by atoms with Gasteiger partial charge in [-0.05, 0) is 43.2 Å². The van der Waals surface area contributed by atoms with Gasteiger partial charge in [0.05, 0.1) is 10.9 Å². The zero-order valence-electron chi connectivity index (χ0n) is 15.1. The Kier molecular flexibility index (Phi) is 6.38. The zero-order chi connectivity index (χ0) is 20.5. The number of benzene rings is 1. The number of halogens is 3. The Morgan fingerprint density at radius 3 is 2.54 bits per heavy atom. The first kappa shape index (κ1) is 21.2. The molecule has 0 bridgehead atoms. The maximum Gasteiger partial charge on any atom is 0.246 e. The van der Waals surface area contributed by atoms with E-state index >= 15 is 0 Å². The maximum atomic E-state index is 13.9. The van der Waals surface area contributed by atoms with Gasteiger partial charge in [0, 0.05) is 30.9 Å². The third kappa shape index (κ3) is 4.53. The van der Waals surface area contributed by atoms with Crippen molar-refractivity contribution in [2.24, 2.45) is 5.92 Å². The standard InChI is InChI=1S/C18H19ClF2N2O3S2/c1-22(11-14-3-5-17(19)27-14)18(24)12-6-8-23(9-7-12)28(25,26)16-10-13(20)2-4-15(16)21/h2-5,10,12H,6-9,11H2,1H3. The van der Waals surface area contributed by atoms with Crippen LogP contribution in [-0.2, 0) is 21.4 Å². The van der Waals surface area contributed by atoms with E-state index in [0.717, 1.165) is 21.3 Å². The lowest BCUT2D eigenvalue weighted by atomic mass is 9.96. The molecule has 0 saturated carbocycles. The number of hydrogen-bond acceptors (Lipinski definition) is 4. The van der Waals surface area contributed by atoms with Gasteiger partial charge in [0.2, 0.25) is 15.9 Å². The van der Waals surface area contributed by atoms with E-state index in [4.69, 9.17) is 11.6 Å². The van der Waals surface area contributed by atoms with E-state index in [2.05, 4.69) is 0 Å². The van der Waals surface area contributed by atoms with Crippen LogP contribution in [0.4, 0.5) is 8.78 Å². The largest absolute Gasteiger partial charge is 0.340 e. The van der Waals surface area contributed by atoms with Gasteiger partial charge in [-0.2, -0.15) is 4.31 Å². The third-order valence-corrected chi connectivity index (χ3v) is 7.84. The fraction of sp³-hybridized carbons (Fsp3) is 0.389. The van der Waals surface area contributed by atoms with E-state index in [0.29, 0.717) is 29.8 Å². The van der Waals surface area contributed by atoms with Crippen molar-refractivity contribution in [2.45, 2.75) is 24.3 Å². The molecule has 0 atom stereocenters. The highest BCUT2D eigenvalue weighted by Crippen LogP contribution is 2.28. The number of amides is 1. The fourth-order valence-electron chi connectivity index (χ4n) is 3.22. The molecule has 1 saturated heterocycles. The summed E-state index contributed by atoms with van der Waals surface area (Å²) in [5, 5.41) is 0. The average Bonchev–Trinajstić information content (AvgIpc) is 3.07. The van der Waals surface area contributed by atoms with Gasteiger partial charge in [0.1, 0.15) is 16.5 Å². The molecule has 0 N–H and O–H groups in total. The van der Waals surface area contributed by atoms with Gasteiger partial charge >= 0.3 is 0 Å². The first-order chi connectivity index (χ1) is 13.2. The molecule has 0 unspecified atom stereocenters. The number of nitrogens with zero attached hydrogens (tertiary/aromatic N) is 2. The predicted octanol–water partition coefficient (Wildman–Crippen LogP) is 3.74. The van der Waals surface area contributed by atoms with Crippen molar-refractivity contribution in [3.05, 3.63) is 51.2 Å². The molecule has 2 aromatic rings. The van der Waals surface area contributed by atoms with Crippen LogP contribution in [0.15, 0.2) is 35.2 Å². The topological polar surface area (TPSA) is 57.7 Å². The molecule has 1 aliphatic rings. The lowest BCUT2D eigenvalue weighted by molar-refractivity contribution is -0.135. The quantitative estimate of drug-likeness (QED) is 0.700. The maximum absolute atomic E-state index is 13.9. The molecule has 0 aliphatic carbocycles. The number of hydrogen-bond donors (Lipinski definition) is 0. The molecule has 1 amide bonds. The fourth-order valence-corrected chi connectivity index (χ4v) is 5.90. The van der Waals surface area contributed by atoms with Crippen molar-refractivity contribution < 1.29 is 22.0 Å². The van der Waals surface area contributed by atoms with Crippen LogP contribution in [0, 0.1) is 17.6 Å². The first-order valence-corrected chi connectivity index (χ1v) is 11.3. The molecule has 1 aliphatic heterocycles. The summed E-state index contributed by atoms with van der Waals surface area (Å²) < 4.78 is 54.3. The summed E-state index contributed by atoms with van der Waals surface area (Å²) in [4.78, 5) is 14.5. The lowest BCUT2D eigenvalue weighted by Gasteiger charge is -2.32. The Labute approximate surface area is 171 Å². The van der Waals surface area contributed by atoms with E-state index < -0.39 is 26.6 Å². The van der Waals surface area contributed by atoms with Crippen LogP contribution in [-0.4, -0.2) is 43.7 Å². The summed E-state index contributed by atoms with van der Waals surface area (Å²) in [6.07, 6.45) is 0.648. The number of carbonyl (C=O) groups is 1. The molecule has 3 rings (SSSR count). The Morgan fingerprint density at radius 2 is 1.93 bits per heavy atom. The molecule has 5 nitrogen and oxygen atoms in total. The second kappa shape index (κ2) is 8.44. The minimum Gasteiger partial charge on any atom is -0.340 e. The number of piperidine rings is 1. The van der Waals surface area contributed by atoms with Gasteiger partial charge in [-0.15, -0.1) is 11.3 Å². The second-order valence-corrected chi connectivity index (χ2v) is 10.4. The summed E-state index contributed by atoms with van der Waals surface area (Å²) in [6, 6.07) is 5.98. The molecule has 28 heavy (non-hydrogen) atoms. The molecule has 0 spiro atoms. The van der Waals surface area contributed by atoms with Crippen LogP contribution >= 0.6 is 22.9 Å². The van der Waals surface area contributed by atoms with Crippen LogP contribution in [0.2, 0.25) is 4.34 Å². The van der Waals surface area contributed by atoms with Crippen LogP contribution in [0.3, 0.4) is 0 Å². The number of carbonyl (C=O) groups excluding carboxylic acids is 1. The van der Waals surface area contributed by atoms with Crippen LogP contribution < -0.4 is 0 Å². The summed E-state index contributed by atoms with van der Waals surface area (Å²) in [5.74, 6) is -2.20. The van der Waals surface area contributed by atoms with Gasteiger partial charge in [0.15, 0.2) is 0 Å². The van der Waals surface area contributed by atoms with E-state index in [1.807, 2.05) is 6.07 Å². The molecular weight excluding hydrogens is 430 g/mol. The minimum atomic E-state index is -4.15. The van der Waals surface area contributed by atoms with E-state index in [1.54, 1.807) is 18.0 Å². The van der Waals surface area contributed by atoms with Crippen molar-refractivity contribution in [1.82, 2.24) is 9.21 Å². The summed E-state index contributed by atoms with van der Waals surface area (Å²) in [5.41, 5.74) is 0. The van der Waals surface area contributed by atoms with Crippen molar-refractivity contribution >= 4 is 38.9 Å². The molecule has 152 valence electrons. The van der Waals surface area contributed by atoms with Crippen LogP contribution in [0.1, 0.15) is 17.7 Å². The van der Waals surface area contributed by atoms with Crippen molar-refractivity contribution in [2.75, 3.05) is 20.1 Å². The van der Waals surface area contributed by atoms with Gasteiger partial charge < -0.3 is 4.90 Å². The minimum absolute atomic E-state index is 0.0708. The number of rotatable bonds is 5. The van der Waals surface area contributed by atoms with Crippen molar-refractivity contribution in [3.63, 3.8) is 0 Å². The average molecular weight is 449 g/mol. The lowest BCUT2D eigenvalue weighted by Crippen LogP contribution is -2.43. The molecule has 1 fully saturated rings. The molecule has 1 aromatic heterocycles. The van der Waals surface area contributed by atoms with Crippen LogP contribution in [0.25, 0.3) is 0 Å². The van der Waals surface area contributed by atoms with Gasteiger partial charge in [0.25, 0.3) is 0 Å². The SMILES string of the molecule is CN(Cc1ccc(Cl)s1)C(=O)C1CCN(S(=O)(=O)c2cc(F)ccc2F)CC1. The van der Waals surface area contributed by atoms with E-state index in [-0.39, 0.29) is 24.9 Å². The smallest absolute Gasteiger partial charge is 0.246 e. The number of thiophene rings is 1. The monoisotopic (exact) mass is 448 g/mol. The second-order valence-electron chi connectivity index (χ2n) is 6.65. The van der Waals surface area contributed by atoms with Gasteiger partial charge in [-0.3, -0.25) is 4.79 Å². The summed E-state index contributed by atoms with van der Waals surface area (Å²) in [6.45, 7) is 0.587. The van der Waals surface area contributed by atoms with E-state index in [1.165, 1.54) is 11.3 Å². The molecule has 10 heteroatoms. The highest BCUT2D eigenvalue weighted by atomic mass is 35.5. The Hall–Kier alpha value is -1.55. The van der Waals surface area contributed by atoms with Gasteiger partial charge in [-0.25, -0.2) is 17.2 Å². The molecular formula is C18H19ClF2N2O3S2. The van der Waals surface area contributed by atoms with Crippen molar-refractivity contribution in [3.8, 4) is 0 Å². The van der Waals surface area contributed by atoms with Crippen molar-refractivity contribution in [1.29, 1.82) is 0 Å². The molecule has 0 radical (unpaired) electrons. The molecule has 2 heterocycles. The highest BCUT2D eigenvalue weighted by molar-refractivity contribution is 7.89. The first-order valence-electron chi connectivity index (χ1n) is 8.63. The Balaban J connectivity index is 1.63. The predicted molar refractivity (Wildman–Crippen MR) is 104 cm³/mol. The van der Waals surface area contributed by atoms with Gasteiger partial charge in [-0.1, -0.05) is 11.6 Å².